The van der Waals surface area contributed by atoms with Gasteiger partial charge in [0, 0.05) is 17.8 Å². The van der Waals surface area contributed by atoms with Crippen molar-refractivity contribution in [2.75, 3.05) is 5.73 Å². The zero-order valence-electron chi connectivity index (χ0n) is 11.7. The van der Waals surface area contributed by atoms with E-state index >= 15 is 0 Å². The number of hydrogen-bond donors (Lipinski definition) is 3. The topological polar surface area (TPSA) is 101 Å². The molecule has 0 aliphatic rings. The summed E-state index contributed by atoms with van der Waals surface area (Å²) in [6, 6.07) is 12.3. The molecule has 0 saturated heterocycles. The monoisotopic (exact) mass is 294 g/mol. The van der Waals surface area contributed by atoms with Crippen molar-refractivity contribution < 1.29 is 9.59 Å². The minimum Gasteiger partial charge on any atom is -0.399 e. The van der Waals surface area contributed by atoms with Crippen LogP contribution in [0.2, 0.25) is 0 Å². The molecule has 4 N–H and O–H groups in total. The fraction of sp³-hybridized carbons (Fsp3) is 0.0625. The van der Waals surface area contributed by atoms with Gasteiger partial charge < -0.3 is 16.0 Å². The summed E-state index contributed by atoms with van der Waals surface area (Å²) >= 11 is 0. The molecule has 1 amide bonds. The highest BCUT2D eigenvalue weighted by Crippen LogP contribution is 2.15. The molecule has 110 valence electrons. The smallest absolute Gasteiger partial charge is 0.287 e. The molecule has 3 rings (SSSR count). The number of carbonyl (C=O) groups is 2. The standard InChI is InChI=1S/C16H14N4O2/c17-12-4-5-13-14(7-12)20-15(19-13)16(22)18-8-10-2-1-3-11(6-10)9-21/h1-7,9H,8,17H2,(H,18,22)(H,19,20). The molecule has 0 aliphatic carbocycles. The fourth-order valence-electron chi connectivity index (χ4n) is 2.18. The highest BCUT2D eigenvalue weighted by atomic mass is 16.2. The predicted octanol–water partition coefficient (Wildman–Crippen LogP) is 1.89. The van der Waals surface area contributed by atoms with Crippen LogP contribution in [0, 0.1) is 0 Å². The van der Waals surface area contributed by atoms with Gasteiger partial charge in [0.15, 0.2) is 5.82 Å². The number of anilines is 1. The number of aromatic nitrogens is 2. The molecule has 3 aromatic rings. The molecular weight excluding hydrogens is 280 g/mol. The van der Waals surface area contributed by atoms with Crippen LogP contribution in [0.15, 0.2) is 42.5 Å². The van der Waals surface area contributed by atoms with Crippen LogP contribution in [-0.4, -0.2) is 22.2 Å². The number of hydrogen-bond acceptors (Lipinski definition) is 4. The van der Waals surface area contributed by atoms with Crippen molar-refractivity contribution >= 4 is 28.9 Å². The fourth-order valence-corrected chi connectivity index (χ4v) is 2.18. The number of H-pyrrole nitrogens is 1. The van der Waals surface area contributed by atoms with Crippen molar-refractivity contribution in [2.45, 2.75) is 6.54 Å². The Morgan fingerprint density at radius 1 is 1.27 bits per heavy atom. The van der Waals surface area contributed by atoms with Crippen LogP contribution in [-0.2, 0) is 6.54 Å². The van der Waals surface area contributed by atoms with Gasteiger partial charge in [0.25, 0.3) is 5.91 Å². The molecule has 6 heteroatoms. The summed E-state index contributed by atoms with van der Waals surface area (Å²) in [7, 11) is 0. The van der Waals surface area contributed by atoms with E-state index in [1.165, 1.54) is 0 Å². The van der Waals surface area contributed by atoms with Gasteiger partial charge in [-0.1, -0.05) is 18.2 Å². The maximum atomic E-state index is 12.1. The van der Waals surface area contributed by atoms with E-state index < -0.39 is 0 Å². The third-order valence-corrected chi connectivity index (χ3v) is 3.26. The summed E-state index contributed by atoms with van der Waals surface area (Å²) in [5.41, 5.74) is 9.12. The Morgan fingerprint density at radius 3 is 2.95 bits per heavy atom. The molecule has 2 aromatic carbocycles. The predicted molar refractivity (Wildman–Crippen MR) is 83.5 cm³/mol. The summed E-state index contributed by atoms with van der Waals surface area (Å²) < 4.78 is 0. The minimum absolute atomic E-state index is 0.229. The van der Waals surface area contributed by atoms with Gasteiger partial charge in [-0.3, -0.25) is 9.59 Å². The Morgan fingerprint density at radius 2 is 2.14 bits per heavy atom. The van der Waals surface area contributed by atoms with E-state index in [4.69, 9.17) is 5.73 Å². The Kier molecular flexibility index (Phi) is 3.57. The average Bonchev–Trinajstić information content (AvgIpc) is 2.96. The summed E-state index contributed by atoms with van der Waals surface area (Å²) in [4.78, 5) is 30.0. The summed E-state index contributed by atoms with van der Waals surface area (Å²) in [6.07, 6.45) is 0.773. The van der Waals surface area contributed by atoms with Crippen LogP contribution >= 0.6 is 0 Å². The van der Waals surface area contributed by atoms with Crippen LogP contribution in [0.5, 0.6) is 0 Å². The lowest BCUT2D eigenvalue weighted by Crippen LogP contribution is -2.23. The molecule has 0 bridgehead atoms. The van der Waals surface area contributed by atoms with Gasteiger partial charge in [-0.05, 0) is 29.8 Å². The van der Waals surface area contributed by atoms with Crippen molar-refractivity contribution in [1.29, 1.82) is 0 Å². The van der Waals surface area contributed by atoms with Gasteiger partial charge in [-0.15, -0.1) is 0 Å². The Labute approximate surface area is 126 Å². The van der Waals surface area contributed by atoms with Crippen LogP contribution < -0.4 is 11.1 Å². The lowest BCUT2D eigenvalue weighted by molar-refractivity contribution is 0.0941. The molecule has 1 aromatic heterocycles. The molecule has 6 nitrogen and oxygen atoms in total. The number of benzene rings is 2. The van der Waals surface area contributed by atoms with Crippen molar-refractivity contribution in [3.8, 4) is 0 Å². The quantitative estimate of drug-likeness (QED) is 0.505. The highest BCUT2D eigenvalue weighted by Gasteiger charge is 2.11. The van der Waals surface area contributed by atoms with Gasteiger partial charge in [0.1, 0.15) is 6.29 Å². The van der Waals surface area contributed by atoms with Crippen molar-refractivity contribution in [3.05, 3.63) is 59.4 Å². The second kappa shape index (κ2) is 5.69. The van der Waals surface area contributed by atoms with E-state index in [9.17, 15) is 9.59 Å². The number of nitrogens with two attached hydrogens (primary N) is 1. The largest absolute Gasteiger partial charge is 0.399 e. The number of nitrogens with one attached hydrogen (secondary N) is 2. The molecule has 0 saturated carbocycles. The van der Waals surface area contributed by atoms with Gasteiger partial charge in [-0.25, -0.2) is 4.98 Å². The number of imidazole rings is 1. The SMILES string of the molecule is Nc1ccc2nc(C(=O)NCc3cccc(C=O)c3)[nH]c2c1. The average molecular weight is 294 g/mol. The first-order valence-electron chi connectivity index (χ1n) is 6.73. The summed E-state index contributed by atoms with van der Waals surface area (Å²) in [5.74, 6) is -0.0848. The van der Waals surface area contributed by atoms with Gasteiger partial charge in [0.2, 0.25) is 0 Å². The number of nitrogen functional groups attached to an aromatic ring is 1. The number of amides is 1. The van der Waals surface area contributed by atoms with Gasteiger partial charge >= 0.3 is 0 Å². The molecule has 0 spiro atoms. The van der Waals surface area contributed by atoms with E-state index in [0.717, 1.165) is 11.8 Å². The number of carbonyl (C=O) groups excluding carboxylic acids is 2. The van der Waals surface area contributed by atoms with Crippen LogP contribution in [0.1, 0.15) is 26.5 Å². The molecule has 0 fully saturated rings. The third-order valence-electron chi connectivity index (χ3n) is 3.26. The zero-order chi connectivity index (χ0) is 15.5. The molecule has 0 unspecified atom stereocenters. The Hall–Kier alpha value is -3.15. The number of aldehydes is 1. The van der Waals surface area contributed by atoms with Crippen molar-refractivity contribution in [3.63, 3.8) is 0 Å². The first-order chi connectivity index (χ1) is 10.7. The first kappa shape index (κ1) is 13.8. The Bertz CT molecular complexity index is 854. The minimum atomic E-state index is -0.314. The zero-order valence-corrected chi connectivity index (χ0v) is 11.7. The first-order valence-corrected chi connectivity index (χ1v) is 6.73. The van der Waals surface area contributed by atoms with E-state index in [0.29, 0.717) is 28.8 Å². The molecule has 0 radical (unpaired) electrons. The van der Waals surface area contributed by atoms with Gasteiger partial charge in [-0.2, -0.15) is 0 Å². The molecule has 0 aliphatic heterocycles. The Balaban J connectivity index is 1.74. The third kappa shape index (κ3) is 2.80. The van der Waals surface area contributed by atoms with Crippen molar-refractivity contribution in [1.82, 2.24) is 15.3 Å². The maximum Gasteiger partial charge on any atom is 0.287 e. The van der Waals surface area contributed by atoms with E-state index in [1.807, 2.05) is 6.07 Å². The number of fused-ring (bicyclic) bond motifs is 1. The number of rotatable bonds is 4. The van der Waals surface area contributed by atoms with Crippen LogP contribution in [0.4, 0.5) is 5.69 Å². The number of aromatic amines is 1. The highest BCUT2D eigenvalue weighted by molar-refractivity contribution is 5.94. The number of nitrogens with zero attached hydrogens (tertiary/aromatic N) is 1. The normalized spacial score (nSPS) is 10.5. The maximum absolute atomic E-state index is 12.1. The second-order valence-corrected chi connectivity index (χ2v) is 4.91. The second-order valence-electron chi connectivity index (χ2n) is 4.91. The molecule has 0 atom stereocenters. The molecule has 1 heterocycles. The molecular formula is C16H14N4O2. The van der Waals surface area contributed by atoms with Gasteiger partial charge in [0.05, 0.1) is 11.0 Å². The van der Waals surface area contributed by atoms with Crippen molar-refractivity contribution in [2.24, 2.45) is 0 Å². The summed E-state index contributed by atoms with van der Waals surface area (Å²) in [5, 5.41) is 2.76. The lowest BCUT2D eigenvalue weighted by Gasteiger charge is -2.03. The van der Waals surface area contributed by atoms with E-state index in [1.54, 1.807) is 36.4 Å². The lowest BCUT2D eigenvalue weighted by atomic mass is 10.1. The molecule has 22 heavy (non-hydrogen) atoms. The summed E-state index contributed by atoms with van der Waals surface area (Å²) in [6.45, 7) is 0.319. The van der Waals surface area contributed by atoms with E-state index in [-0.39, 0.29) is 11.7 Å². The van der Waals surface area contributed by atoms with Crippen LogP contribution in [0.3, 0.4) is 0 Å². The van der Waals surface area contributed by atoms with E-state index in [2.05, 4.69) is 15.3 Å². The van der Waals surface area contributed by atoms with Crippen LogP contribution in [0.25, 0.3) is 11.0 Å².